The Bertz CT molecular complexity index is 632. The van der Waals surface area contributed by atoms with Crippen LogP contribution in [-0.2, 0) is 10.9 Å². The third kappa shape index (κ3) is 5.66. The maximum atomic E-state index is 12.7. The third-order valence-corrected chi connectivity index (χ3v) is 3.86. The van der Waals surface area contributed by atoms with E-state index >= 15 is 0 Å². The number of ether oxygens (including phenoxy) is 1. The molecule has 9 heteroatoms. The number of alkyl halides is 3. The highest BCUT2D eigenvalue weighted by atomic mass is 35.5. The molecule has 25 heavy (non-hydrogen) atoms. The van der Waals surface area contributed by atoms with Crippen molar-refractivity contribution in [3.63, 3.8) is 0 Å². The highest BCUT2D eigenvalue weighted by molar-refractivity contribution is 6.33. The first-order chi connectivity index (χ1) is 11.5. The van der Waals surface area contributed by atoms with Crippen molar-refractivity contribution in [2.75, 3.05) is 18.0 Å². The molecule has 5 nitrogen and oxygen atoms in total. The predicted octanol–water partition coefficient (Wildman–Crippen LogP) is 4.25. The van der Waals surface area contributed by atoms with Crippen molar-refractivity contribution in [3.05, 3.63) is 22.8 Å². The van der Waals surface area contributed by atoms with Gasteiger partial charge in [0.15, 0.2) is 0 Å². The van der Waals surface area contributed by atoms with Gasteiger partial charge in [0.25, 0.3) is 0 Å². The number of pyridine rings is 1. The van der Waals surface area contributed by atoms with Crippen LogP contribution in [-0.4, -0.2) is 35.8 Å². The quantitative estimate of drug-likeness (QED) is 0.834. The van der Waals surface area contributed by atoms with Crippen molar-refractivity contribution in [2.24, 2.45) is 0 Å². The predicted molar refractivity (Wildman–Crippen MR) is 88.9 cm³/mol. The Morgan fingerprint density at radius 1 is 1.40 bits per heavy atom. The second-order valence-electron chi connectivity index (χ2n) is 7.02. The van der Waals surface area contributed by atoms with Crippen molar-refractivity contribution in [3.8, 4) is 0 Å². The fourth-order valence-corrected chi connectivity index (χ4v) is 2.82. The Morgan fingerprint density at radius 3 is 2.64 bits per heavy atom. The zero-order valence-electron chi connectivity index (χ0n) is 14.3. The van der Waals surface area contributed by atoms with E-state index < -0.39 is 23.4 Å². The molecule has 0 aromatic carbocycles. The molecule has 0 spiro atoms. The van der Waals surface area contributed by atoms with Gasteiger partial charge in [-0.1, -0.05) is 11.6 Å². The number of anilines is 1. The van der Waals surface area contributed by atoms with Crippen molar-refractivity contribution < 1.29 is 22.7 Å². The summed E-state index contributed by atoms with van der Waals surface area (Å²) in [4.78, 5) is 17.5. The average Bonchev–Trinajstić information content (AvgIpc) is 2.44. The van der Waals surface area contributed by atoms with Crippen LogP contribution in [0, 0.1) is 0 Å². The standard InChI is InChI=1S/C16H21ClF3N3O2/c1-15(2,3)22-14(24)25-11-5-4-6-23(9-11)13-12(17)7-10(8-21-13)16(18,19)20/h7-8,11H,4-6,9H2,1-3H3,(H,22,24)/t11-/m1/s1. The van der Waals surface area contributed by atoms with Gasteiger partial charge in [0.1, 0.15) is 11.9 Å². The lowest BCUT2D eigenvalue weighted by molar-refractivity contribution is -0.137. The monoisotopic (exact) mass is 379 g/mol. The molecule has 1 aliphatic heterocycles. The first-order valence-corrected chi connectivity index (χ1v) is 8.30. The summed E-state index contributed by atoms with van der Waals surface area (Å²) in [6, 6.07) is 0.862. The van der Waals surface area contributed by atoms with Gasteiger partial charge in [-0.15, -0.1) is 0 Å². The molecule has 1 amide bonds. The van der Waals surface area contributed by atoms with Gasteiger partial charge in [0.2, 0.25) is 0 Å². The van der Waals surface area contributed by atoms with Crippen molar-refractivity contribution in [1.82, 2.24) is 10.3 Å². The molecule has 1 saturated heterocycles. The van der Waals surface area contributed by atoms with Crippen LogP contribution in [0.5, 0.6) is 0 Å². The average molecular weight is 380 g/mol. The van der Waals surface area contributed by atoms with E-state index in [0.717, 1.165) is 12.3 Å². The zero-order valence-corrected chi connectivity index (χ0v) is 15.0. The Kier molecular flexibility index (Phi) is 5.71. The minimum absolute atomic E-state index is 0.0744. The number of aromatic nitrogens is 1. The van der Waals surface area contributed by atoms with E-state index in [1.54, 1.807) is 4.90 Å². The van der Waals surface area contributed by atoms with E-state index in [9.17, 15) is 18.0 Å². The number of amides is 1. The highest BCUT2D eigenvalue weighted by Gasteiger charge is 2.33. The molecule has 0 unspecified atom stereocenters. The Hall–Kier alpha value is -1.70. The van der Waals surface area contributed by atoms with Crippen LogP contribution >= 0.6 is 11.6 Å². The molecule has 2 rings (SSSR count). The molecule has 0 radical (unpaired) electrons. The maximum absolute atomic E-state index is 12.7. The Labute approximate surface area is 149 Å². The number of hydrogen-bond donors (Lipinski definition) is 1. The molecule has 1 aromatic rings. The molecule has 2 heterocycles. The number of hydrogen-bond acceptors (Lipinski definition) is 4. The largest absolute Gasteiger partial charge is 0.444 e. The van der Waals surface area contributed by atoms with E-state index in [4.69, 9.17) is 16.3 Å². The summed E-state index contributed by atoms with van der Waals surface area (Å²) in [6.45, 7) is 6.43. The van der Waals surface area contributed by atoms with Gasteiger partial charge in [-0.3, -0.25) is 0 Å². The van der Waals surface area contributed by atoms with E-state index in [1.165, 1.54) is 0 Å². The molecular formula is C16H21ClF3N3O2. The third-order valence-electron chi connectivity index (χ3n) is 3.58. The number of rotatable bonds is 2. The molecule has 1 fully saturated rings. The lowest BCUT2D eigenvalue weighted by atomic mass is 10.1. The van der Waals surface area contributed by atoms with Crippen LogP contribution in [0.2, 0.25) is 5.02 Å². The summed E-state index contributed by atoms with van der Waals surface area (Å²) in [5.74, 6) is 0.263. The summed E-state index contributed by atoms with van der Waals surface area (Å²) >= 11 is 5.99. The first-order valence-electron chi connectivity index (χ1n) is 7.92. The van der Waals surface area contributed by atoms with Crippen molar-refractivity contribution in [2.45, 2.75) is 51.4 Å². The molecule has 1 aromatic heterocycles. The van der Waals surface area contributed by atoms with Gasteiger partial charge in [-0.05, 0) is 39.7 Å². The van der Waals surface area contributed by atoms with Crippen LogP contribution in [0.15, 0.2) is 12.3 Å². The van der Waals surface area contributed by atoms with E-state index in [2.05, 4.69) is 10.3 Å². The number of nitrogens with zero attached hydrogens (tertiary/aromatic N) is 2. The number of halogens is 4. The van der Waals surface area contributed by atoms with Crippen LogP contribution in [0.3, 0.4) is 0 Å². The lowest BCUT2D eigenvalue weighted by Crippen LogP contribution is -2.46. The number of alkyl carbamates (subject to hydrolysis) is 1. The lowest BCUT2D eigenvalue weighted by Gasteiger charge is -2.34. The fraction of sp³-hybridized carbons (Fsp3) is 0.625. The zero-order chi connectivity index (χ0) is 18.8. The van der Waals surface area contributed by atoms with Gasteiger partial charge >= 0.3 is 12.3 Å². The molecule has 1 N–H and O–H groups in total. The molecule has 0 bridgehead atoms. The van der Waals surface area contributed by atoms with E-state index in [1.807, 2.05) is 20.8 Å². The molecule has 1 aliphatic rings. The molecular weight excluding hydrogens is 359 g/mol. The first kappa shape index (κ1) is 19.6. The molecule has 0 aliphatic carbocycles. The minimum atomic E-state index is -4.49. The maximum Gasteiger partial charge on any atom is 0.417 e. The highest BCUT2D eigenvalue weighted by Crippen LogP contribution is 2.34. The number of nitrogens with one attached hydrogen (secondary N) is 1. The Balaban J connectivity index is 2.05. The van der Waals surface area contributed by atoms with Crippen LogP contribution in [0.4, 0.5) is 23.8 Å². The van der Waals surface area contributed by atoms with Gasteiger partial charge in [-0.2, -0.15) is 13.2 Å². The second-order valence-corrected chi connectivity index (χ2v) is 7.42. The summed E-state index contributed by atoms with van der Waals surface area (Å²) in [5, 5.41) is 2.64. The van der Waals surface area contributed by atoms with Gasteiger partial charge in [0.05, 0.1) is 17.1 Å². The summed E-state index contributed by atoms with van der Waals surface area (Å²) < 4.78 is 43.5. The van der Waals surface area contributed by atoms with Crippen LogP contribution in [0.1, 0.15) is 39.2 Å². The minimum Gasteiger partial charge on any atom is -0.444 e. The van der Waals surface area contributed by atoms with Gasteiger partial charge < -0.3 is 15.0 Å². The number of piperidine rings is 1. The summed E-state index contributed by atoms with van der Waals surface area (Å²) in [5.41, 5.74) is -1.31. The van der Waals surface area contributed by atoms with Crippen LogP contribution < -0.4 is 10.2 Å². The Morgan fingerprint density at radius 2 is 2.08 bits per heavy atom. The van der Waals surface area contributed by atoms with Crippen LogP contribution in [0.25, 0.3) is 0 Å². The molecule has 1 atom stereocenters. The normalized spacial score (nSPS) is 18.8. The van der Waals surface area contributed by atoms with Gasteiger partial charge in [0, 0.05) is 18.3 Å². The van der Waals surface area contributed by atoms with Crippen molar-refractivity contribution in [1.29, 1.82) is 0 Å². The number of carbonyl (C=O) groups excluding carboxylic acids is 1. The molecule has 140 valence electrons. The SMILES string of the molecule is CC(C)(C)NC(=O)O[C@@H]1CCCN(c2ncc(C(F)(F)F)cc2Cl)C1. The number of carbonyl (C=O) groups is 1. The van der Waals surface area contributed by atoms with Crippen molar-refractivity contribution >= 4 is 23.5 Å². The van der Waals surface area contributed by atoms with E-state index in [-0.39, 0.29) is 16.9 Å². The summed E-state index contributed by atoms with van der Waals surface area (Å²) in [6.07, 6.45) is -3.24. The fourth-order valence-electron chi connectivity index (χ4n) is 2.53. The van der Waals surface area contributed by atoms with E-state index in [0.29, 0.717) is 25.9 Å². The molecule has 0 saturated carbocycles. The second kappa shape index (κ2) is 7.27. The topological polar surface area (TPSA) is 54.5 Å². The van der Waals surface area contributed by atoms with Gasteiger partial charge in [-0.25, -0.2) is 9.78 Å². The smallest absolute Gasteiger partial charge is 0.417 e. The summed E-state index contributed by atoms with van der Waals surface area (Å²) in [7, 11) is 0.